The number of carbonyl (C=O) groups excluding carboxylic acids is 1. The molecule has 2 rings (SSSR count). The Bertz CT molecular complexity index is 736. The smallest absolute Gasteiger partial charge is 0.303 e. The van der Waals surface area contributed by atoms with E-state index in [2.05, 4.69) is 10.3 Å². The van der Waals surface area contributed by atoms with Gasteiger partial charge < -0.3 is 15.4 Å². The first-order chi connectivity index (χ1) is 9.97. The molecule has 110 valence electrons. The predicted octanol–water partition coefficient (Wildman–Crippen LogP) is 1.51. The van der Waals surface area contributed by atoms with E-state index < -0.39 is 5.97 Å². The van der Waals surface area contributed by atoms with Gasteiger partial charge in [0.1, 0.15) is 0 Å². The lowest BCUT2D eigenvalue weighted by atomic mass is 10.1. The van der Waals surface area contributed by atoms with Crippen LogP contribution in [0.15, 0.2) is 35.1 Å². The van der Waals surface area contributed by atoms with Crippen LogP contribution in [0.4, 0.5) is 0 Å². The monoisotopic (exact) mass is 288 g/mol. The first kappa shape index (κ1) is 14.8. The quantitative estimate of drug-likeness (QED) is 0.776. The summed E-state index contributed by atoms with van der Waals surface area (Å²) in [6.07, 6.45) is 0.319. The van der Waals surface area contributed by atoms with Crippen LogP contribution in [0.5, 0.6) is 0 Å². The summed E-state index contributed by atoms with van der Waals surface area (Å²) in [6, 6.07) is 8.00. The Morgan fingerprint density at radius 3 is 2.76 bits per heavy atom. The van der Waals surface area contributed by atoms with Gasteiger partial charge in [0.15, 0.2) is 0 Å². The molecule has 2 aromatic rings. The summed E-state index contributed by atoms with van der Waals surface area (Å²) in [6.45, 7) is 1.73. The Kier molecular flexibility index (Phi) is 4.37. The number of pyridine rings is 1. The lowest BCUT2D eigenvalue weighted by molar-refractivity contribution is -0.137. The molecule has 0 bridgehead atoms. The van der Waals surface area contributed by atoms with E-state index in [1.165, 1.54) is 6.07 Å². The predicted molar refractivity (Wildman–Crippen MR) is 78.4 cm³/mol. The summed E-state index contributed by atoms with van der Waals surface area (Å²) in [5, 5.41) is 12.0. The van der Waals surface area contributed by atoms with E-state index in [1.807, 2.05) is 0 Å². The van der Waals surface area contributed by atoms with Crippen molar-refractivity contribution in [2.24, 2.45) is 0 Å². The third kappa shape index (κ3) is 3.68. The number of nitrogens with one attached hydrogen (secondary N) is 2. The van der Waals surface area contributed by atoms with Crippen LogP contribution in [-0.4, -0.2) is 28.0 Å². The number of fused-ring (bicyclic) bond motifs is 1. The highest BCUT2D eigenvalue weighted by molar-refractivity contribution is 6.06. The maximum absolute atomic E-state index is 12.3. The topological polar surface area (TPSA) is 99.3 Å². The van der Waals surface area contributed by atoms with Gasteiger partial charge in [0.2, 0.25) is 5.56 Å². The largest absolute Gasteiger partial charge is 0.481 e. The normalized spacial score (nSPS) is 12.0. The number of carbonyl (C=O) groups is 2. The molecule has 0 aliphatic carbocycles. The zero-order valence-corrected chi connectivity index (χ0v) is 11.6. The number of benzene rings is 1. The van der Waals surface area contributed by atoms with Gasteiger partial charge in [-0.15, -0.1) is 0 Å². The van der Waals surface area contributed by atoms with Crippen LogP contribution in [0, 0.1) is 0 Å². The number of H-pyrrole nitrogens is 1. The zero-order valence-electron chi connectivity index (χ0n) is 11.6. The number of rotatable bonds is 5. The minimum Gasteiger partial charge on any atom is -0.481 e. The van der Waals surface area contributed by atoms with Crippen molar-refractivity contribution in [3.8, 4) is 0 Å². The summed E-state index contributed by atoms with van der Waals surface area (Å²) < 4.78 is 0. The van der Waals surface area contributed by atoms with Crippen LogP contribution in [-0.2, 0) is 4.79 Å². The van der Waals surface area contributed by atoms with Gasteiger partial charge in [0.25, 0.3) is 5.91 Å². The van der Waals surface area contributed by atoms with E-state index in [-0.39, 0.29) is 29.5 Å². The Morgan fingerprint density at radius 2 is 2.05 bits per heavy atom. The van der Waals surface area contributed by atoms with Crippen molar-refractivity contribution in [1.29, 1.82) is 0 Å². The summed E-state index contributed by atoms with van der Waals surface area (Å²) in [5.74, 6) is -1.28. The maximum atomic E-state index is 12.3. The van der Waals surface area contributed by atoms with Gasteiger partial charge in [-0.05, 0) is 19.4 Å². The average molecular weight is 288 g/mol. The Labute approximate surface area is 120 Å². The fraction of sp³-hybridized carbons (Fsp3) is 0.267. The van der Waals surface area contributed by atoms with Gasteiger partial charge in [0.05, 0.1) is 5.56 Å². The minimum atomic E-state index is -0.905. The van der Waals surface area contributed by atoms with Crippen molar-refractivity contribution >= 4 is 22.8 Å². The van der Waals surface area contributed by atoms with Gasteiger partial charge >= 0.3 is 5.97 Å². The Balaban J connectivity index is 2.23. The number of carboxylic acids is 1. The number of amides is 1. The first-order valence-electron chi connectivity index (χ1n) is 6.62. The molecule has 1 atom stereocenters. The first-order valence-corrected chi connectivity index (χ1v) is 6.62. The number of aliphatic carboxylic acids is 1. The standard InChI is InChI=1S/C15H16N2O4/c1-9(6-7-14(19)20)16-15(21)11-8-13(18)17-12-5-3-2-4-10(11)12/h2-5,8-9H,6-7H2,1H3,(H,16,21)(H,17,18)(H,19,20). The molecule has 3 N–H and O–H groups in total. The summed E-state index contributed by atoms with van der Waals surface area (Å²) in [5.41, 5.74) is 0.530. The van der Waals surface area contributed by atoms with Crippen LogP contribution >= 0.6 is 0 Å². The number of aromatic nitrogens is 1. The van der Waals surface area contributed by atoms with Crippen LogP contribution in [0.25, 0.3) is 10.9 Å². The van der Waals surface area contributed by atoms with E-state index in [0.29, 0.717) is 17.3 Å². The summed E-state index contributed by atoms with van der Waals surface area (Å²) in [7, 11) is 0. The minimum absolute atomic E-state index is 0.0163. The molecule has 0 saturated carbocycles. The zero-order chi connectivity index (χ0) is 15.4. The van der Waals surface area contributed by atoms with Crippen molar-refractivity contribution in [2.45, 2.75) is 25.8 Å². The van der Waals surface area contributed by atoms with Gasteiger partial charge in [-0.25, -0.2) is 0 Å². The second-order valence-corrected chi connectivity index (χ2v) is 4.90. The SMILES string of the molecule is CC(CCC(=O)O)NC(=O)c1cc(=O)[nH]c2ccccc12. The molecule has 6 heteroatoms. The molecule has 0 fully saturated rings. The number of para-hydroxylation sites is 1. The molecule has 1 unspecified atom stereocenters. The Morgan fingerprint density at radius 1 is 1.33 bits per heavy atom. The fourth-order valence-electron chi connectivity index (χ4n) is 2.11. The molecular formula is C15H16N2O4. The van der Waals surface area contributed by atoms with Gasteiger partial charge in [-0.2, -0.15) is 0 Å². The third-order valence-electron chi connectivity index (χ3n) is 3.16. The molecule has 1 heterocycles. The maximum Gasteiger partial charge on any atom is 0.303 e. The van der Waals surface area contributed by atoms with Crippen LogP contribution in [0.2, 0.25) is 0 Å². The van der Waals surface area contributed by atoms with Crippen molar-refractivity contribution < 1.29 is 14.7 Å². The number of carboxylic acid groups (broad SMARTS) is 1. The van der Waals surface area contributed by atoms with Gasteiger partial charge in [0, 0.05) is 29.4 Å². The molecule has 0 spiro atoms. The molecule has 21 heavy (non-hydrogen) atoms. The van der Waals surface area contributed by atoms with Crippen molar-refractivity contribution in [1.82, 2.24) is 10.3 Å². The highest BCUT2D eigenvalue weighted by atomic mass is 16.4. The van der Waals surface area contributed by atoms with Crippen LogP contribution < -0.4 is 10.9 Å². The Hall–Kier alpha value is -2.63. The molecule has 0 radical (unpaired) electrons. The highest BCUT2D eigenvalue weighted by Crippen LogP contribution is 2.14. The molecule has 0 aliphatic rings. The number of hydrogen-bond donors (Lipinski definition) is 3. The lowest BCUT2D eigenvalue weighted by Crippen LogP contribution is -2.33. The molecule has 1 aromatic heterocycles. The average Bonchev–Trinajstić information content (AvgIpc) is 2.44. The van der Waals surface area contributed by atoms with E-state index in [1.54, 1.807) is 31.2 Å². The van der Waals surface area contributed by atoms with E-state index >= 15 is 0 Å². The molecule has 1 amide bonds. The molecule has 6 nitrogen and oxygen atoms in total. The lowest BCUT2D eigenvalue weighted by Gasteiger charge is -2.13. The highest BCUT2D eigenvalue weighted by Gasteiger charge is 2.14. The summed E-state index contributed by atoms with van der Waals surface area (Å²) in [4.78, 5) is 37.0. The fourth-order valence-corrected chi connectivity index (χ4v) is 2.11. The second-order valence-electron chi connectivity index (χ2n) is 4.90. The van der Waals surface area contributed by atoms with E-state index in [4.69, 9.17) is 5.11 Å². The van der Waals surface area contributed by atoms with Gasteiger partial charge in [-0.1, -0.05) is 18.2 Å². The van der Waals surface area contributed by atoms with Crippen molar-refractivity contribution in [3.05, 3.63) is 46.2 Å². The van der Waals surface area contributed by atoms with Gasteiger partial charge in [-0.3, -0.25) is 14.4 Å². The molecule has 1 aromatic carbocycles. The molecular weight excluding hydrogens is 272 g/mol. The summed E-state index contributed by atoms with van der Waals surface area (Å²) >= 11 is 0. The molecule has 0 aliphatic heterocycles. The second kappa shape index (κ2) is 6.21. The van der Waals surface area contributed by atoms with Crippen LogP contribution in [0.1, 0.15) is 30.1 Å². The van der Waals surface area contributed by atoms with Crippen molar-refractivity contribution in [2.75, 3.05) is 0 Å². The van der Waals surface area contributed by atoms with E-state index in [9.17, 15) is 14.4 Å². The molecule has 0 saturated heterocycles. The number of aromatic amines is 1. The van der Waals surface area contributed by atoms with E-state index in [0.717, 1.165) is 0 Å². The van der Waals surface area contributed by atoms with Crippen molar-refractivity contribution in [3.63, 3.8) is 0 Å². The van der Waals surface area contributed by atoms with Crippen LogP contribution in [0.3, 0.4) is 0 Å². The number of hydrogen-bond acceptors (Lipinski definition) is 3. The third-order valence-corrected chi connectivity index (χ3v) is 3.16.